The minimum Gasteiger partial charge on any atom is -0.337 e. The molecule has 142 valence electrons. The van der Waals surface area contributed by atoms with Gasteiger partial charge in [0.15, 0.2) is 11.9 Å². The van der Waals surface area contributed by atoms with Gasteiger partial charge in [-0.25, -0.2) is 0 Å². The van der Waals surface area contributed by atoms with Crippen molar-refractivity contribution in [1.82, 2.24) is 40.6 Å². The standard InChI is InChI=1S/C17H21ClN8O/c1-3-13(17-20-16(23-27-17)14-10-19-8-9-25(14)2)26-22-15(21-24-26)11-4-6-12(18)7-5-11/h4-7,13-14,19H,3,8-10H2,1-2H3. The Morgan fingerprint density at radius 2 is 2.15 bits per heavy atom. The second-order valence-corrected chi connectivity index (χ2v) is 6.99. The Kier molecular flexibility index (Phi) is 5.15. The zero-order chi connectivity index (χ0) is 18.8. The maximum absolute atomic E-state index is 5.94. The Bertz CT molecular complexity index is 892. The van der Waals surface area contributed by atoms with Crippen LogP contribution in [0.4, 0.5) is 0 Å². The molecule has 0 amide bonds. The largest absolute Gasteiger partial charge is 0.337 e. The third-order valence-electron chi connectivity index (χ3n) is 4.75. The van der Waals surface area contributed by atoms with Crippen LogP contribution in [0.5, 0.6) is 0 Å². The van der Waals surface area contributed by atoms with Crippen molar-refractivity contribution in [2.45, 2.75) is 25.4 Å². The van der Waals surface area contributed by atoms with E-state index in [-0.39, 0.29) is 12.1 Å². The number of aromatic nitrogens is 6. The van der Waals surface area contributed by atoms with Crippen LogP contribution in [-0.4, -0.2) is 61.9 Å². The number of rotatable bonds is 5. The van der Waals surface area contributed by atoms with E-state index in [1.807, 2.05) is 19.1 Å². The lowest BCUT2D eigenvalue weighted by molar-refractivity contribution is 0.190. The molecule has 0 spiro atoms. The van der Waals surface area contributed by atoms with Crippen LogP contribution in [0.3, 0.4) is 0 Å². The fraction of sp³-hybridized carbons (Fsp3) is 0.471. The van der Waals surface area contributed by atoms with Gasteiger partial charge in [0.2, 0.25) is 5.82 Å². The molecule has 1 fully saturated rings. The summed E-state index contributed by atoms with van der Waals surface area (Å²) in [5, 5.41) is 21.0. The third-order valence-corrected chi connectivity index (χ3v) is 5.00. The van der Waals surface area contributed by atoms with E-state index in [1.54, 1.807) is 12.1 Å². The van der Waals surface area contributed by atoms with Gasteiger partial charge in [-0.15, -0.1) is 10.2 Å². The van der Waals surface area contributed by atoms with Gasteiger partial charge < -0.3 is 9.84 Å². The first-order chi connectivity index (χ1) is 13.2. The highest BCUT2D eigenvalue weighted by Gasteiger charge is 2.28. The number of hydrogen-bond donors (Lipinski definition) is 1. The summed E-state index contributed by atoms with van der Waals surface area (Å²) in [5.74, 6) is 1.70. The maximum atomic E-state index is 5.94. The molecule has 27 heavy (non-hydrogen) atoms. The van der Waals surface area contributed by atoms with Gasteiger partial charge in [0.05, 0.1) is 6.04 Å². The third kappa shape index (κ3) is 3.71. The van der Waals surface area contributed by atoms with Crippen LogP contribution in [0, 0.1) is 0 Å². The second kappa shape index (κ2) is 7.71. The van der Waals surface area contributed by atoms with E-state index in [0.717, 1.165) is 25.2 Å². The van der Waals surface area contributed by atoms with Crippen molar-refractivity contribution in [3.8, 4) is 11.4 Å². The van der Waals surface area contributed by atoms with Gasteiger partial charge >= 0.3 is 0 Å². The highest BCUT2D eigenvalue weighted by atomic mass is 35.5. The highest BCUT2D eigenvalue weighted by molar-refractivity contribution is 6.30. The predicted molar refractivity (Wildman–Crippen MR) is 99.2 cm³/mol. The molecule has 4 rings (SSSR count). The maximum Gasteiger partial charge on any atom is 0.253 e. The molecule has 9 nitrogen and oxygen atoms in total. The Hall–Kier alpha value is -2.36. The lowest BCUT2D eigenvalue weighted by Crippen LogP contribution is -2.44. The van der Waals surface area contributed by atoms with E-state index < -0.39 is 0 Å². The summed E-state index contributed by atoms with van der Waals surface area (Å²) in [4.78, 5) is 8.37. The van der Waals surface area contributed by atoms with Crippen molar-refractivity contribution in [2.75, 3.05) is 26.7 Å². The number of tetrazole rings is 1. The molecule has 0 saturated carbocycles. The normalized spacial score (nSPS) is 19.3. The smallest absolute Gasteiger partial charge is 0.253 e. The molecule has 0 bridgehead atoms. The van der Waals surface area contributed by atoms with Gasteiger partial charge in [-0.2, -0.15) is 9.78 Å². The number of hydrogen-bond acceptors (Lipinski definition) is 8. The summed E-state index contributed by atoms with van der Waals surface area (Å²) in [6, 6.07) is 7.16. The molecule has 1 aromatic carbocycles. The molecule has 3 heterocycles. The fourth-order valence-electron chi connectivity index (χ4n) is 3.12. The Morgan fingerprint density at radius 1 is 1.33 bits per heavy atom. The van der Waals surface area contributed by atoms with Crippen molar-refractivity contribution < 1.29 is 4.52 Å². The minimum absolute atomic E-state index is 0.0992. The number of nitrogens with zero attached hydrogens (tertiary/aromatic N) is 7. The topological polar surface area (TPSA) is 97.8 Å². The first-order valence-corrected chi connectivity index (χ1v) is 9.33. The van der Waals surface area contributed by atoms with Crippen molar-refractivity contribution in [3.63, 3.8) is 0 Å². The van der Waals surface area contributed by atoms with Gasteiger partial charge in [-0.3, -0.25) is 4.90 Å². The number of halogens is 1. The summed E-state index contributed by atoms with van der Waals surface area (Å²) >= 11 is 5.94. The Balaban J connectivity index is 1.57. The molecule has 1 saturated heterocycles. The molecule has 3 aromatic rings. The molecule has 1 aliphatic rings. The fourth-order valence-corrected chi connectivity index (χ4v) is 3.25. The zero-order valence-electron chi connectivity index (χ0n) is 15.2. The number of benzene rings is 1. The van der Waals surface area contributed by atoms with Gasteiger partial charge in [-0.1, -0.05) is 23.7 Å². The summed E-state index contributed by atoms with van der Waals surface area (Å²) in [7, 11) is 2.07. The van der Waals surface area contributed by atoms with Crippen LogP contribution in [0.1, 0.15) is 37.1 Å². The summed E-state index contributed by atoms with van der Waals surface area (Å²) < 4.78 is 5.54. The number of piperazine rings is 1. The van der Waals surface area contributed by atoms with Crippen LogP contribution < -0.4 is 5.32 Å². The monoisotopic (exact) mass is 388 g/mol. The van der Waals surface area contributed by atoms with Crippen molar-refractivity contribution in [2.24, 2.45) is 0 Å². The van der Waals surface area contributed by atoms with E-state index in [9.17, 15) is 0 Å². The van der Waals surface area contributed by atoms with E-state index >= 15 is 0 Å². The minimum atomic E-state index is -0.262. The Morgan fingerprint density at radius 3 is 2.89 bits per heavy atom. The van der Waals surface area contributed by atoms with Gasteiger partial charge in [0, 0.05) is 30.2 Å². The molecular weight excluding hydrogens is 368 g/mol. The SMILES string of the molecule is CCC(c1nc(C2CNCCN2C)no1)n1nnc(-c2ccc(Cl)cc2)n1. The number of nitrogens with one attached hydrogen (secondary N) is 1. The van der Waals surface area contributed by atoms with Crippen LogP contribution >= 0.6 is 11.6 Å². The molecule has 2 atom stereocenters. The molecule has 0 radical (unpaired) electrons. The molecular formula is C17H21ClN8O. The average Bonchev–Trinajstić information content (AvgIpc) is 3.34. The van der Waals surface area contributed by atoms with Crippen molar-refractivity contribution in [3.05, 3.63) is 41.0 Å². The van der Waals surface area contributed by atoms with E-state index in [1.165, 1.54) is 4.80 Å². The first-order valence-electron chi connectivity index (χ1n) is 8.95. The lowest BCUT2D eigenvalue weighted by atomic mass is 10.2. The van der Waals surface area contributed by atoms with E-state index in [2.05, 4.69) is 42.8 Å². The summed E-state index contributed by atoms with van der Waals surface area (Å²) in [6.07, 6.45) is 0.705. The highest BCUT2D eigenvalue weighted by Crippen LogP contribution is 2.24. The van der Waals surface area contributed by atoms with Crippen molar-refractivity contribution >= 4 is 11.6 Å². The second-order valence-electron chi connectivity index (χ2n) is 6.56. The molecule has 10 heteroatoms. The number of likely N-dealkylation sites (N-methyl/N-ethyl adjacent to an activating group) is 1. The lowest BCUT2D eigenvalue weighted by Gasteiger charge is -2.30. The quantitative estimate of drug-likeness (QED) is 0.708. The average molecular weight is 389 g/mol. The molecule has 1 aliphatic heterocycles. The van der Waals surface area contributed by atoms with Crippen LogP contribution in [0.2, 0.25) is 5.02 Å². The first kappa shape index (κ1) is 18.0. The predicted octanol–water partition coefficient (Wildman–Crippen LogP) is 1.95. The molecule has 1 N–H and O–H groups in total. The van der Waals surface area contributed by atoms with E-state index in [4.69, 9.17) is 16.1 Å². The van der Waals surface area contributed by atoms with Gasteiger partial charge in [0.1, 0.15) is 0 Å². The van der Waals surface area contributed by atoms with Crippen LogP contribution in [0.15, 0.2) is 28.8 Å². The molecule has 0 aliphatic carbocycles. The van der Waals surface area contributed by atoms with Crippen molar-refractivity contribution in [1.29, 1.82) is 0 Å². The molecule has 2 unspecified atom stereocenters. The van der Waals surface area contributed by atoms with Crippen LogP contribution in [0.25, 0.3) is 11.4 Å². The summed E-state index contributed by atoms with van der Waals surface area (Å²) in [5.41, 5.74) is 0.849. The Labute approximate surface area is 161 Å². The zero-order valence-corrected chi connectivity index (χ0v) is 16.0. The van der Waals surface area contributed by atoms with Crippen LogP contribution in [-0.2, 0) is 0 Å². The summed E-state index contributed by atoms with van der Waals surface area (Å²) in [6.45, 7) is 4.73. The van der Waals surface area contributed by atoms with E-state index in [0.29, 0.717) is 29.0 Å². The molecule has 2 aromatic heterocycles. The van der Waals surface area contributed by atoms with Gasteiger partial charge in [-0.05, 0) is 42.9 Å². The van der Waals surface area contributed by atoms with Gasteiger partial charge in [0.25, 0.3) is 5.89 Å².